The molecule has 0 unspecified atom stereocenters. The summed E-state index contributed by atoms with van der Waals surface area (Å²) in [5.74, 6) is -0.323. The zero-order valence-corrected chi connectivity index (χ0v) is 14.2. The van der Waals surface area contributed by atoms with E-state index >= 15 is 0 Å². The van der Waals surface area contributed by atoms with E-state index in [4.69, 9.17) is 4.74 Å². The van der Waals surface area contributed by atoms with E-state index in [1.54, 1.807) is 24.3 Å². The van der Waals surface area contributed by atoms with Gasteiger partial charge in [-0.25, -0.2) is 4.79 Å². The summed E-state index contributed by atoms with van der Waals surface area (Å²) >= 11 is 4.23. The summed E-state index contributed by atoms with van der Waals surface area (Å²) in [6.07, 6.45) is 1.63. The van der Waals surface area contributed by atoms with Crippen molar-refractivity contribution in [2.75, 3.05) is 20.8 Å². The van der Waals surface area contributed by atoms with Crippen LogP contribution in [0, 0.1) is 0 Å². The molecule has 0 aliphatic carbocycles. The van der Waals surface area contributed by atoms with Crippen molar-refractivity contribution in [2.45, 2.75) is 0 Å². The molecule has 0 spiro atoms. The van der Waals surface area contributed by atoms with Gasteiger partial charge in [0.05, 0.1) is 16.5 Å². The van der Waals surface area contributed by atoms with E-state index in [-0.39, 0.29) is 17.8 Å². The third kappa shape index (κ3) is 3.69. The molecule has 2 rings (SSSR count). The van der Waals surface area contributed by atoms with Gasteiger partial charge in [-0.1, -0.05) is 6.07 Å². The zero-order chi connectivity index (χ0) is 16.3. The minimum atomic E-state index is -0.479. The fraction of sp³-hybridized carbons (Fsp3) is 0.214. The zero-order valence-electron chi connectivity index (χ0n) is 11.8. The summed E-state index contributed by atoms with van der Waals surface area (Å²) in [5.41, 5.74) is 0.733. The van der Waals surface area contributed by atoms with E-state index in [9.17, 15) is 14.4 Å². The van der Waals surface area contributed by atoms with Crippen LogP contribution in [0.15, 0.2) is 27.6 Å². The van der Waals surface area contributed by atoms with Gasteiger partial charge in [-0.2, -0.15) is 0 Å². The third-order valence-electron chi connectivity index (χ3n) is 2.81. The number of carbonyl (C=O) groups is 3. The van der Waals surface area contributed by atoms with Crippen molar-refractivity contribution in [3.8, 4) is 5.75 Å². The quantitative estimate of drug-likeness (QED) is 0.585. The second kappa shape index (κ2) is 6.97. The van der Waals surface area contributed by atoms with Gasteiger partial charge in [0.2, 0.25) is 0 Å². The number of methoxy groups -OCH3 is 1. The van der Waals surface area contributed by atoms with Gasteiger partial charge < -0.3 is 9.47 Å². The molecule has 22 heavy (non-hydrogen) atoms. The number of rotatable bonds is 4. The lowest BCUT2D eigenvalue weighted by Crippen LogP contribution is -2.22. The first kappa shape index (κ1) is 16.6. The average Bonchev–Trinajstić information content (AvgIpc) is 2.73. The van der Waals surface area contributed by atoms with Crippen LogP contribution < -0.4 is 4.74 Å². The highest BCUT2D eigenvalue weighted by Gasteiger charge is 2.31. The van der Waals surface area contributed by atoms with Crippen LogP contribution in [-0.4, -0.2) is 42.8 Å². The lowest BCUT2D eigenvalue weighted by Gasteiger charge is -2.07. The Balaban J connectivity index is 2.14. The van der Waals surface area contributed by atoms with Gasteiger partial charge >= 0.3 is 5.97 Å². The number of thioether (sulfide) groups is 1. The van der Waals surface area contributed by atoms with Crippen LogP contribution in [0.2, 0.25) is 0 Å². The Hall–Kier alpha value is -1.80. The molecule has 0 N–H and O–H groups in total. The van der Waals surface area contributed by atoms with Crippen LogP contribution in [-0.2, 0) is 14.3 Å². The van der Waals surface area contributed by atoms with Gasteiger partial charge in [0.15, 0.2) is 6.61 Å². The van der Waals surface area contributed by atoms with E-state index in [1.807, 2.05) is 0 Å². The third-order valence-corrected chi connectivity index (χ3v) is 4.39. The fourth-order valence-electron chi connectivity index (χ4n) is 1.62. The Morgan fingerprint density at radius 2 is 2.14 bits per heavy atom. The molecule has 1 aromatic carbocycles. The van der Waals surface area contributed by atoms with E-state index in [0.717, 1.165) is 22.2 Å². The predicted octanol–water partition coefficient (Wildman–Crippen LogP) is 2.67. The molecule has 6 nitrogen and oxygen atoms in total. The maximum atomic E-state index is 11.8. The largest absolute Gasteiger partial charge is 0.481 e. The summed E-state index contributed by atoms with van der Waals surface area (Å²) in [6, 6.07) is 5.12. The summed E-state index contributed by atoms with van der Waals surface area (Å²) in [7, 11) is 2.72. The minimum absolute atomic E-state index is 0.191. The van der Waals surface area contributed by atoms with Crippen LogP contribution in [0.4, 0.5) is 4.79 Å². The Kier molecular flexibility index (Phi) is 5.25. The van der Waals surface area contributed by atoms with Crippen LogP contribution in [0.5, 0.6) is 5.75 Å². The number of nitrogens with zero attached hydrogens (tertiary/aromatic N) is 1. The maximum Gasteiger partial charge on any atom is 0.343 e. The molecule has 1 fully saturated rings. The molecule has 0 bridgehead atoms. The van der Waals surface area contributed by atoms with Gasteiger partial charge in [0.1, 0.15) is 5.75 Å². The minimum Gasteiger partial charge on any atom is -0.481 e. The SMILES string of the molecule is COC(=O)COc1ccc(/C=C2\SC(=O)N(C)C2=O)cc1Br. The second-order valence-corrected chi connectivity index (χ2v) is 6.14. The predicted molar refractivity (Wildman–Crippen MR) is 85.4 cm³/mol. The molecule has 1 heterocycles. The molecule has 1 saturated heterocycles. The summed E-state index contributed by atoms with van der Waals surface area (Å²) in [6.45, 7) is -0.191. The first-order chi connectivity index (χ1) is 10.4. The van der Waals surface area contributed by atoms with Crippen molar-refractivity contribution in [1.82, 2.24) is 4.90 Å². The van der Waals surface area contributed by atoms with Crippen LogP contribution in [0.25, 0.3) is 6.08 Å². The normalized spacial score (nSPS) is 16.3. The number of ether oxygens (including phenoxy) is 2. The van der Waals surface area contributed by atoms with Gasteiger partial charge in [0.25, 0.3) is 11.1 Å². The molecule has 0 aromatic heterocycles. The molecule has 1 aromatic rings. The molecule has 2 amide bonds. The van der Waals surface area contributed by atoms with E-state index in [1.165, 1.54) is 14.2 Å². The van der Waals surface area contributed by atoms with Crippen molar-refractivity contribution in [3.05, 3.63) is 33.1 Å². The number of esters is 1. The lowest BCUT2D eigenvalue weighted by molar-refractivity contribution is -0.142. The molecule has 116 valence electrons. The number of benzene rings is 1. The van der Waals surface area contributed by atoms with Crippen molar-refractivity contribution in [2.24, 2.45) is 0 Å². The number of carbonyl (C=O) groups excluding carboxylic acids is 3. The molecule has 0 atom stereocenters. The number of amides is 2. The number of hydrogen-bond donors (Lipinski definition) is 0. The van der Waals surface area contributed by atoms with Gasteiger partial charge in [0, 0.05) is 7.05 Å². The Morgan fingerprint density at radius 3 is 2.68 bits per heavy atom. The Bertz CT molecular complexity index is 673. The fourth-order valence-corrected chi connectivity index (χ4v) is 2.95. The summed E-state index contributed by atoms with van der Waals surface area (Å²) in [4.78, 5) is 35.7. The molecular weight excluding hydrogens is 374 g/mol. The highest BCUT2D eigenvalue weighted by atomic mass is 79.9. The maximum absolute atomic E-state index is 11.8. The monoisotopic (exact) mass is 385 g/mol. The Morgan fingerprint density at radius 1 is 1.41 bits per heavy atom. The standard InChI is InChI=1S/C14H12BrNO5S/c1-16-13(18)11(22-14(16)19)6-8-3-4-10(9(15)5-8)21-7-12(17)20-2/h3-6H,7H2,1-2H3/b11-6-. The second-order valence-electron chi connectivity index (χ2n) is 4.30. The smallest absolute Gasteiger partial charge is 0.343 e. The molecular formula is C14H12BrNO5S. The molecule has 0 radical (unpaired) electrons. The van der Waals surface area contributed by atoms with E-state index < -0.39 is 5.97 Å². The first-order valence-electron chi connectivity index (χ1n) is 6.13. The van der Waals surface area contributed by atoms with Crippen molar-refractivity contribution in [1.29, 1.82) is 0 Å². The van der Waals surface area contributed by atoms with Crippen LogP contribution in [0.1, 0.15) is 5.56 Å². The number of imide groups is 1. The van der Waals surface area contributed by atoms with E-state index in [2.05, 4.69) is 20.7 Å². The molecule has 1 aliphatic heterocycles. The van der Waals surface area contributed by atoms with Crippen molar-refractivity contribution in [3.63, 3.8) is 0 Å². The first-order valence-corrected chi connectivity index (χ1v) is 7.74. The number of likely N-dealkylation sites (N-methyl/N-ethyl adjacent to an activating group) is 1. The van der Waals surface area contributed by atoms with Crippen molar-refractivity contribution < 1.29 is 23.9 Å². The van der Waals surface area contributed by atoms with Crippen molar-refractivity contribution >= 4 is 50.9 Å². The van der Waals surface area contributed by atoms with Crippen LogP contribution >= 0.6 is 27.7 Å². The van der Waals surface area contributed by atoms with Gasteiger partial charge in [-0.15, -0.1) is 0 Å². The number of halogens is 1. The number of hydrogen-bond acceptors (Lipinski definition) is 6. The lowest BCUT2D eigenvalue weighted by atomic mass is 10.2. The van der Waals surface area contributed by atoms with Gasteiger partial charge in [-0.05, 0) is 51.5 Å². The average molecular weight is 386 g/mol. The van der Waals surface area contributed by atoms with Gasteiger partial charge in [-0.3, -0.25) is 14.5 Å². The highest BCUT2D eigenvalue weighted by molar-refractivity contribution is 9.10. The summed E-state index contributed by atoms with van der Waals surface area (Å²) in [5, 5.41) is -0.298. The topological polar surface area (TPSA) is 72.9 Å². The van der Waals surface area contributed by atoms with Crippen LogP contribution in [0.3, 0.4) is 0 Å². The molecule has 0 saturated carbocycles. The highest BCUT2D eigenvalue weighted by Crippen LogP contribution is 2.33. The molecule has 1 aliphatic rings. The van der Waals surface area contributed by atoms with E-state index in [0.29, 0.717) is 15.1 Å². The Labute approximate surface area is 139 Å². The summed E-state index contributed by atoms with van der Waals surface area (Å²) < 4.78 is 10.4. The molecule has 8 heteroatoms.